The first kappa shape index (κ1) is 19.4. The summed E-state index contributed by atoms with van der Waals surface area (Å²) in [4.78, 5) is 24.5. The number of rotatable bonds is 8. The molecule has 6 nitrogen and oxygen atoms in total. The van der Waals surface area contributed by atoms with Crippen LogP contribution in [0.3, 0.4) is 0 Å². The largest absolute Gasteiger partial charge is 0.452 e. The highest BCUT2D eigenvalue weighted by atomic mass is 16.5. The molecule has 0 aliphatic heterocycles. The topological polar surface area (TPSA) is 73.2 Å². The van der Waals surface area contributed by atoms with E-state index in [4.69, 9.17) is 4.74 Å². The third kappa shape index (κ3) is 4.85. The lowest BCUT2D eigenvalue weighted by atomic mass is 10.1. The lowest BCUT2D eigenvalue weighted by molar-refractivity contribution is -0.124. The molecule has 1 N–H and O–H groups in total. The monoisotopic (exact) mass is 377 g/mol. The first-order valence-corrected chi connectivity index (χ1v) is 9.33. The van der Waals surface area contributed by atoms with Crippen LogP contribution < -0.4 is 5.32 Å². The molecule has 144 valence electrons. The van der Waals surface area contributed by atoms with Crippen molar-refractivity contribution in [3.8, 4) is 16.9 Å². The van der Waals surface area contributed by atoms with Crippen molar-refractivity contribution in [2.24, 2.45) is 0 Å². The maximum Gasteiger partial charge on any atom is 0.342 e. The van der Waals surface area contributed by atoms with Crippen LogP contribution in [-0.4, -0.2) is 34.8 Å². The molecule has 3 rings (SSSR count). The lowest BCUT2D eigenvalue weighted by Crippen LogP contribution is -2.29. The molecule has 1 amide bonds. The number of hydrogen-bond acceptors (Lipinski definition) is 4. The third-order valence-electron chi connectivity index (χ3n) is 4.19. The minimum atomic E-state index is -0.577. The zero-order valence-corrected chi connectivity index (χ0v) is 15.8. The average Bonchev–Trinajstić information content (AvgIpc) is 3.19. The summed E-state index contributed by atoms with van der Waals surface area (Å²) in [5.74, 6) is -0.884. The Morgan fingerprint density at radius 1 is 1.04 bits per heavy atom. The van der Waals surface area contributed by atoms with E-state index in [1.54, 1.807) is 10.9 Å². The summed E-state index contributed by atoms with van der Waals surface area (Å²) >= 11 is 0. The predicted molar refractivity (Wildman–Crippen MR) is 107 cm³/mol. The molecule has 0 unspecified atom stereocenters. The van der Waals surface area contributed by atoms with Gasteiger partial charge in [0.25, 0.3) is 5.91 Å². The van der Waals surface area contributed by atoms with Gasteiger partial charge in [-0.15, -0.1) is 0 Å². The van der Waals surface area contributed by atoms with Gasteiger partial charge in [0.15, 0.2) is 6.61 Å². The van der Waals surface area contributed by atoms with Gasteiger partial charge in [-0.1, -0.05) is 61.9 Å². The maximum absolute atomic E-state index is 12.7. The molecule has 0 spiro atoms. The lowest BCUT2D eigenvalue weighted by Gasteiger charge is -2.06. The van der Waals surface area contributed by atoms with Gasteiger partial charge in [-0.3, -0.25) is 4.79 Å². The molecule has 3 aromatic rings. The van der Waals surface area contributed by atoms with E-state index in [0.29, 0.717) is 17.8 Å². The maximum atomic E-state index is 12.7. The quantitative estimate of drug-likeness (QED) is 0.481. The SMILES string of the molecule is CCCCNC(=O)COC(=O)c1cn(-c2ccccc2)nc1-c1ccccc1. The van der Waals surface area contributed by atoms with Crippen molar-refractivity contribution in [3.05, 3.63) is 72.4 Å². The van der Waals surface area contributed by atoms with Gasteiger partial charge in [-0.05, 0) is 18.6 Å². The Balaban J connectivity index is 1.81. The fraction of sp³-hybridized carbons (Fsp3) is 0.227. The highest BCUT2D eigenvalue weighted by Gasteiger charge is 2.20. The number of benzene rings is 2. The Bertz CT molecular complexity index is 921. The van der Waals surface area contributed by atoms with E-state index < -0.39 is 5.97 Å². The number of hydrogen-bond donors (Lipinski definition) is 1. The van der Waals surface area contributed by atoms with E-state index in [1.807, 2.05) is 67.6 Å². The zero-order chi connectivity index (χ0) is 19.8. The van der Waals surface area contributed by atoms with Gasteiger partial charge in [0, 0.05) is 18.3 Å². The van der Waals surface area contributed by atoms with Gasteiger partial charge in [-0.25, -0.2) is 9.48 Å². The number of carbonyl (C=O) groups is 2. The van der Waals surface area contributed by atoms with Crippen LogP contribution in [0.5, 0.6) is 0 Å². The van der Waals surface area contributed by atoms with E-state index in [9.17, 15) is 9.59 Å². The van der Waals surface area contributed by atoms with E-state index >= 15 is 0 Å². The Morgan fingerprint density at radius 2 is 1.71 bits per heavy atom. The first-order valence-electron chi connectivity index (χ1n) is 9.33. The zero-order valence-electron chi connectivity index (χ0n) is 15.8. The second kappa shape index (κ2) is 9.50. The van der Waals surface area contributed by atoms with Crippen molar-refractivity contribution in [1.82, 2.24) is 15.1 Å². The summed E-state index contributed by atoms with van der Waals surface area (Å²) < 4.78 is 6.87. The summed E-state index contributed by atoms with van der Waals surface area (Å²) in [6.07, 6.45) is 3.51. The number of amides is 1. The van der Waals surface area contributed by atoms with Crippen molar-refractivity contribution >= 4 is 11.9 Å². The number of para-hydroxylation sites is 1. The molecule has 0 saturated carbocycles. The molecule has 0 fully saturated rings. The summed E-state index contributed by atoms with van der Waals surface area (Å²) in [5, 5.41) is 7.31. The molecule has 28 heavy (non-hydrogen) atoms. The molecule has 0 atom stereocenters. The number of nitrogens with one attached hydrogen (secondary N) is 1. The summed E-state index contributed by atoms with van der Waals surface area (Å²) in [7, 11) is 0. The Labute approximate surface area is 164 Å². The van der Waals surface area contributed by atoms with Crippen LogP contribution >= 0.6 is 0 Å². The van der Waals surface area contributed by atoms with Crippen LogP contribution in [0, 0.1) is 0 Å². The number of carbonyl (C=O) groups excluding carboxylic acids is 2. The molecule has 6 heteroatoms. The van der Waals surface area contributed by atoms with Crippen LogP contribution in [0.15, 0.2) is 66.9 Å². The molecular formula is C22H23N3O3. The Kier molecular flexibility index (Phi) is 6.57. The highest BCUT2D eigenvalue weighted by molar-refractivity contribution is 5.97. The van der Waals surface area contributed by atoms with Crippen LogP contribution in [0.25, 0.3) is 16.9 Å². The van der Waals surface area contributed by atoms with Crippen molar-refractivity contribution in [2.75, 3.05) is 13.2 Å². The molecule has 1 heterocycles. The molecule has 0 radical (unpaired) electrons. The van der Waals surface area contributed by atoms with E-state index in [-0.39, 0.29) is 12.5 Å². The number of esters is 1. The van der Waals surface area contributed by atoms with Crippen LogP contribution in [0.2, 0.25) is 0 Å². The van der Waals surface area contributed by atoms with E-state index in [1.165, 1.54) is 0 Å². The highest BCUT2D eigenvalue weighted by Crippen LogP contribution is 2.24. The predicted octanol–water partition coefficient (Wildman–Crippen LogP) is 3.61. The van der Waals surface area contributed by atoms with Gasteiger partial charge in [0.2, 0.25) is 0 Å². The second-order valence-electron chi connectivity index (χ2n) is 6.32. The number of aromatic nitrogens is 2. The molecular weight excluding hydrogens is 354 g/mol. The van der Waals surface area contributed by atoms with Crippen molar-refractivity contribution < 1.29 is 14.3 Å². The molecule has 0 aliphatic carbocycles. The van der Waals surface area contributed by atoms with Gasteiger partial charge >= 0.3 is 5.97 Å². The van der Waals surface area contributed by atoms with Gasteiger partial charge in [-0.2, -0.15) is 5.10 Å². The summed E-state index contributed by atoms with van der Waals surface area (Å²) in [6, 6.07) is 18.9. The van der Waals surface area contributed by atoms with Crippen molar-refractivity contribution in [3.63, 3.8) is 0 Å². The fourth-order valence-corrected chi connectivity index (χ4v) is 2.71. The van der Waals surface area contributed by atoms with Crippen LogP contribution in [0.4, 0.5) is 0 Å². The Hall–Kier alpha value is -3.41. The Morgan fingerprint density at radius 3 is 2.39 bits per heavy atom. The third-order valence-corrected chi connectivity index (χ3v) is 4.19. The van der Waals surface area contributed by atoms with Gasteiger partial charge in [0.05, 0.1) is 5.69 Å². The molecule has 1 aromatic heterocycles. The number of ether oxygens (including phenoxy) is 1. The summed E-state index contributed by atoms with van der Waals surface area (Å²) in [5.41, 5.74) is 2.46. The minimum absolute atomic E-state index is 0.307. The van der Waals surface area contributed by atoms with Crippen molar-refractivity contribution in [1.29, 1.82) is 0 Å². The second-order valence-corrected chi connectivity index (χ2v) is 6.32. The average molecular weight is 377 g/mol. The van der Waals surface area contributed by atoms with E-state index in [2.05, 4.69) is 10.4 Å². The minimum Gasteiger partial charge on any atom is -0.452 e. The smallest absolute Gasteiger partial charge is 0.342 e. The van der Waals surface area contributed by atoms with Crippen LogP contribution in [-0.2, 0) is 9.53 Å². The standard InChI is InChI=1S/C22H23N3O3/c1-2-3-14-23-20(26)16-28-22(27)19-15-25(18-12-8-5-9-13-18)24-21(19)17-10-6-4-7-11-17/h4-13,15H,2-3,14,16H2,1H3,(H,23,26). The molecule has 0 aliphatic rings. The number of unbranched alkanes of at least 4 members (excludes halogenated alkanes) is 1. The first-order chi connectivity index (χ1) is 13.7. The molecule has 2 aromatic carbocycles. The van der Waals surface area contributed by atoms with Gasteiger partial charge in [0.1, 0.15) is 11.3 Å². The van der Waals surface area contributed by atoms with E-state index in [0.717, 1.165) is 24.1 Å². The van der Waals surface area contributed by atoms with Crippen molar-refractivity contribution in [2.45, 2.75) is 19.8 Å². The summed E-state index contributed by atoms with van der Waals surface area (Å²) in [6.45, 7) is 2.31. The normalized spacial score (nSPS) is 10.5. The fourth-order valence-electron chi connectivity index (χ4n) is 2.71. The number of nitrogens with zero attached hydrogens (tertiary/aromatic N) is 2. The molecule has 0 bridgehead atoms. The van der Waals surface area contributed by atoms with Crippen LogP contribution in [0.1, 0.15) is 30.1 Å². The molecule has 0 saturated heterocycles. The van der Waals surface area contributed by atoms with Gasteiger partial charge < -0.3 is 10.1 Å².